The molecule has 0 radical (unpaired) electrons. The van der Waals surface area contributed by atoms with Crippen LogP contribution in [0.5, 0.6) is 5.75 Å². The molecule has 4 nitrogen and oxygen atoms in total. The summed E-state index contributed by atoms with van der Waals surface area (Å²) in [4.78, 5) is 4.87. The Balaban J connectivity index is 2.20. The zero-order valence-corrected chi connectivity index (χ0v) is 11.9. The summed E-state index contributed by atoms with van der Waals surface area (Å²) in [5.41, 5.74) is 7.12. The third-order valence-corrected chi connectivity index (χ3v) is 4.08. The molecule has 1 aliphatic heterocycles. The van der Waals surface area contributed by atoms with Crippen molar-refractivity contribution < 1.29 is 5.11 Å². The number of hydrogen-bond donors (Lipinski definition) is 2. The van der Waals surface area contributed by atoms with Gasteiger partial charge in [-0.1, -0.05) is 19.1 Å². The Morgan fingerprint density at radius 1 is 1.42 bits per heavy atom. The zero-order chi connectivity index (χ0) is 13.8. The van der Waals surface area contributed by atoms with Crippen LogP contribution in [0.3, 0.4) is 0 Å². The van der Waals surface area contributed by atoms with Gasteiger partial charge in [0.25, 0.3) is 0 Å². The maximum absolute atomic E-state index is 9.65. The lowest BCUT2D eigenvalue weighted by Gasteiger charge is -2.44. The Morgan fingerprint density at radius 2 is 2.21 bits per heavy atom. The Bertz CT molecular complexity index is 410. The van der Waals surface area contributed by atoms with Gasteiger partial charge < -0.3 is 15.7 Å². The number of benzene rings is 1. The van der Waals surface area contributed by atoms with Crippen molar-refractivity contribution in [2.75, 3.05) is 33.2 Å². The predicted molar refractivity (Wildman–Crippen MR) is 78.2 cm³/mol. The van der Waals surface area contributed by atoms with E-state index in [1.807, 2.05) is 12.1 Å². The van der Waals surface area contributed by atoms with Crippen molar-refractivity contribution in [1.29, 1.82) is 0 Å². The molecule has 0 bridgehead atoms. The molecular weight excluding hydrogens is 238 g/mol. The van der Waals surface area contributed by atoms with Gasteiger partial charge >= 0.3 is 0 Å². The van der Waals surface area contributed by atoms with Gasteiger partial charge in [0, 0.05) is 38.3 Å². The minimum absolute atomic E-state index is 0.200. The average molecular weight is 263 g/mol. The van der Waals surface area contributed by atoms with Crippen molar-refractivity contribution in [2.24, 2.45) is 5.73 Å². The standard InChI is InChI=1S/C15H25N3O/c1-3-13-11-17(2)7-8-18(13)15(10-16)12-5-4-6-14(19)9-12/h4-6,9,13,15,19H,3,7-8,10-11,16H2,1-2H3. The van der Waals surface area contributed by atoms with E-state index in [0.29, 0.717) is 18.3 Å². The molecule has 1 aromatic rings. The summed E-state index contributed by atoms with van der Waals surface area (Å²) in [5, 5.41) is 9.65. The molecule has 106 valence electrons. The van der Waals surface area contributed by atoms with Crippen LogP contribution in [0, 0.1) is 0 Å². The van der Waals surface area contributed by atoms with Gasteiger partial charge in [0.1, 0.15) is 5.75 Å². The van der Waals surface area contributed by atoms with E-state index in [4.69, 9.17) is 5.73 Å². The van der Waals surface area contributed by atoms with Crippen molar-refractivity contribution in [1.82, 2.24) is 9.80 Å². The lowest BCUT2D eigenvalue weighted by molar-refractivity contribution is 0.0520. The van der Waals surface area contributed by atoms with E-state index in [0.717, 1.165) is 31.6 Å². The lowest BCUT2D eigenvalue weighted by Crippen LogP contribution is -2.53. The van der Waals surface area contributed by atoms with Gasteiger partial charge in [-0.3, -0.25) is 4.90 Å². The van der Waals surface area contributed by atoms with Crippen molar-refractivity contribution in [3.63, 3.8) is 0 Å². The summed E-state index contributed by atoms with van der Waals surface area (Å²) in [6, 6.07) is 8.23. The van der Waals surface area contributed by atoms with Crippen LogP contribution < -0.4 is 5.73 Å². The molecule has 0 amide bonds. The first-order valence-corrected chi connectivity index (χ1v) is 7.09. The average Bonchev–Trinajstić information content (AvgIpc) is 2.41. The minimum atomic E-state index is 0.200. The van der Waals surface area contributed by atoms with E-state index in [1.165, 1.54) is 0 Å². The topological polar surface area (TPSA) is 52.7 Å². The number of nitrogens with zero attached hydrogens (tertiary/aromatic N) is 2. The summed E-state index contributed by atoms with van der Waals surface area (Å²) in [7, 11) is 2.17. The number of nitrogens with two attached hydrogens (primary N) is 1. The quantitative estimate of drug-likeness (QED) is 0.862. The fraction of sp³-hybridized carbons (Fsp3) is 0.600. The smallest absolute Gasteiger partial charge is 0.115 e. The second-order valence-electron chi connectivity index (χ2n) is 5.41. The molecule has 1 heterocycles. The Morgan fingerprint density at radius 3 is 2.84 bits per heavy atom. The minimum Gasteiger partial charge on any atom is -0.508 e. The van der Waals surface area contributed by atoms with Crippen molar-refractivity contribution >= 4 is 0 Å². The molecule has 1 fully saturated rings. The molecule has 1 aromatic carbocycles. The highest BCUT2D eigenvalue weighted by Crippen LogP contribution is 2.27. The monoisotopic (exact) mass is 263 g/mol. The Hall–Kier alpha value is -1.10. The van der Waals surface area contributed by atoms with Crippen molar-refractivity contribution in [2.45, 2.75) is 25.4 Å². The van der Waals surface area contributed by atoms with Crippen LogP contribution in [0.4, 0.5) is 0 Å². The van der Waals surface area contributed by atoms with E-state index in [2.05, 4.69) is 29.8 Å². The van der Waals surface area contributed by atoms with Crippen LogP contribution in [0.25, 0.3) is 0 Å². The highest BCUT2D eigenvalue weighted by Gasteiger charge is 2.29. The van der Waals surface area contributed by atoms with Crippen molar-refractivity contribution in [3.8, 4) is 5.75 Å². The third-order valence-electron chi connectivity index (χ3n) is 4.08. The SMILES string of the molecule is CCC1CN(C)CCN1C(CN)c1cccc(O)c1. The largest absolute Gasteiger partial charge is 0.508 e. The van der Waals surface area contributed by atoms with Crippen molar-refractivity contribution in [3.05, 3.63) is 29.8 Å². The van der Waals surface area contributed by atoms with Gasteiger partial charge in [-0.2, -0.15) is 0 Å². The molecule has 2 rings (SSSR count). The fourth-order valence-corrected chi connectivity index (χ4v) is 2.99. The lowest BCUT2D eigenvalue weighted by atomic mass is 10.00. The van der Waals surface area contributed by atoms with Crippen LogP contribution in [-0.4, -0.2) is 54.2 Å². The maximum Gasteiger partial charge on any atom is 0.115 e. The summed E-state index contributed by atoms with van der Waals surface area (Å²) >= 11 is 0. The molecule has 4 heteroatoms. The highest BCUT2D eigenvalue weighted by molar-refractivity contribution is 5.30. The van der Waals surface area contributed by atoms with Gasteiger partial charge in [-0.15, -0.1) is 0 Å². The molecule has 0 spiro atoms. The molecular formula is C15H25N3O. The van der Waals surface area contributed by atoms with Gasteiger partial charge in [-0.25, -0.2) is 0 Å². The Kier molecular flexibility index (Phi) is 4.80. The molecule has 2 atom stereocenters. The van der Waals surface area contributed by atoms with Gasteiger partial charge in [0.2, 0.25) is 0 Å². The van der Waals surface area contributed by atoms with E-state index in [9.17, 15) is 5.11 Å². The molecule has 19 heavy (non-hydrogen) atoms. The first-order chi connectivity index (χ1) is 9.15. The number of phenolic OH excluding ortho intramolecular Hbond substituents is 1. The first-order valence-electron chi connectivity index (χ1n) is 7.09. The number of phenols is 1. The molecule has 0 aliphatic carbocycles. The summed E-state index contributed by atoms with van der Waals surface area (Å²) in [5.74, 6) is 0.318. The normalized spacial score (nSPS) is 23.4. The second-order valence-corrected chi connectivity index (χ2v) is 5.41. The summed E-state index contributed by atoms with van der Waals surface area (Å²) in [6.45, 7) is 6.01. The van der Waals surface area contributed by atoms with Crippen LogP contribution in [0.1, 0.15) is 24.9 Å². The fourth-order valence-electron chi connectivity index (χ4n) is 2.99. The van der Waals surface area contributed by atoms with Gasteiger partial charge in [0.05, 0.1) is 0 Å². The summed E-state index contributed by atoms with van der Waals surface area (Å²) < 4.78 is 0. The second kappa shape index (κ2) is 6.37. The molecule has 0 saturated carbocycles. The predicted octanol–water partition coefficient (Wildman–Crippen LogP) is 1.42. The number of hydrogen-bond acceptors (Lipinski definition) is 4. The number of piperazine rings is 1. The molecule has 2 unspecified atom stereocenters. The summed E-state index contributed by atoms with van der Waals surface area (Å²) in [6.07, 6.45) is 1.12. The van der Waals surface area contributed by atoms with Crippen LogP contribution >= 0.6 is 0 Å². The van der Waals surface area contributed by atoms with E-state index < -0.39 is 0 Å². The zero-order valence-electron chi connectivity index (χ0n) is 11.9. The van der Waals surface area contributed by atoms with E-state index in [1.54, 1.807) is 6.07 Å². The molecule has 3 N–H and O–H groups in total. The molecule has 0 aromatic heterocycles. The van der Waals surface area contributed by atoms with Gasteiger partial charge in [-0.05, 0) is 31.2 Å². The Labute approximate surface area is 115 Å². The molecule has 1 saturated heterocycles. The van der Waals surface area contributed by atoms with E-state index >= 15 is 0 Å². The van der Waals surface area contributed by atoms with Crippen LogP contribution in [0.2, 0.25) is 0 Å². The highest BCUT2D eigenvalue weighted by atomic mass is 16.3. The van der Waals surface area contributed by atoms with Gasteiger partial charge in [0.15, 0.2) is 0 Å². The van der Waals surface area contributed by atoms with Crippen LogP contribution in [0.15, 0.2) is 24.3 Å². The third kappa shape index (κ3) is 3.26. The number of aromatic hydroxyl groups is 1. The maximum atomic E-state index is 9.65. The number of likely N-dealkylation sites (N-methyl/N-ethyl adjacent to an activating group) is 1. The van der Waals surface area contributed by atoms with Crippen LogP contribution in [-0.2, 0) is 0 Å². The molecule has 1 aliphatic rings. The first kappa shape index (κ1) is 14.3. The number of rotatable bonds is 4. The van der Waals surface area contributed by atoms with E-state index in [-0.39, 0.29) is 6.04 Å².